The van der Waals surface area contributed by atoms with Crippen molar-refractivity contribution in [2.75, 3.05) is 5.75 Å². The van der Waals surface area contributed by atoms with E-state index in [-0.39, 0.29) is 5.75 Å². The minimum Gasteiger partial charge on any atom is -0.587 e. The summed E-state index contributed by atoms with van der Waals surface area (Å²) in [5.74, 6) is -0.792. The molecular formula is C3H4N2O3S. The lowest BCUT2D eigenvalue weighted by atomic mass is 10.4. The molecule has 0 amide bonds. The molecule has 1 atom stereocenters. The van der Waals surface area contributed by atoms with E-state index < -0.39 is 12.0 Å². The van der Waals surface area contributed by atoms with Crippen molar-refractivity contribution in [1.82, 2.24) is 0 Å². The lowest BCUT2D eigenvalue weighted by Crippen LogP contribution is -2.16. The zero-order chi connectivity index (χ0) is 6.85. The second-order valence-electron chi connectivity index (χ2n) is 1.50. The molecule has 0 aromatic rings. The van der Waals surface area contributed by atoms with E-state index >= 15 is 0 Å². The van der Waals surface area contributed by atoms with Crippen LogP contribution in [0.25, 0.3) is 0 Å². The number of hydrogen-bond acceptors (Lipinski definition) is 4. The molecule has 0 fully saturated rings. The van der Waals surface area contributed by atoms with Crippen molar-refractivity contribution in [3.8, 4) is 0 Å². The van der Waals surface area contributed by atoms with Gasteiger partial charge in [-0.15, -0.1) is 0 Å². The van der Waals surface area contributed by atoms with E-state index in [0.29, 0.717) is 4.27 Å². The van der Waals surface area contributed by atoms with Crippen molar-refractivity contribution in [2.24, 2.45) is 5.11 Å². The van der Waals surface area contributed by atoms with Crippen molar-refractivity contribution in [1.29, 1.82) is 0 Å². The lowest BCUT2D eigenvalue weighted by Gasteiger charge is -1.86. The van der Waals surface area contributed by atoms with Crippen LogP contribution in [-0.2, 0) is 4.79 Å². The highest BCUT2D eigenvalue weighted by Crippen LogP contribution is 2.15. The molecule has 1 aliphatic heterocycles. The molecular weight excluding hydrogens is 144 g/mol. The minimum absolute atomic E-state index is 0.249. The summed E-state index contributed by atoms with van der Waals surface area (Å²) in [5.41, 5.74) is 0. The largest absolute Gasteiger partial charge is 0.587 e. The SMILES string of the molecule is O=C(O)C1CS[N+]([O-])=N1. The number of nitrogens with zero attached hydrogens (tertiary/aromatic N) is 2. The molecule has 0 bridgehead atoms. The summed E-state index contributed by atoms with van der Waals surface area (Å²) in [7, 11) is 0. The van der Waals surface area contributed by atoms with Crippen molar-refractivity contribution < 1.29 is 14.2 Å². The predicted octanol–water partition coefficient (Wildman–Crippen LogP) is 0.0639. The maximum atomic E-state index is 10.2. The van der Waals surface area contributed by atoms with Gasteiger partial charge in [0.05, 0.1) is 0 Å². The van der Waals surface area contributed by atoms with E-state index in [2.05, 4.69) is 5.11 Å². The topological polar surface area (TPSA) is 75.7 Å². The van der Waals surface area contributed by atoms with Crippen LogP contribution in [0.15, 0.2) is 5.11 Å². The lowest BCUT2D eigenvalue weighted by molar-refractivity contribution is -0.343. The van der Waals surface area contributed by atoms with Crippen LogP contribution >= 0.6 is 11.9 Å². The molecule has 0 saturated heterocycles. The molecule has 0 aromatic carbocycles. The highest BCUT2D eigenvalue weighted by atomic mass is 32.2. The molecule has 0 radical (unpaired) electrons. The van der Waals surface area contributed by atoms with Gasteiger partial charge < -0.3 is 10.3 Å². The zero-order valence-corrected chi connectivity index (χ0v) is 5.17. The van der Waals surface area contributed by atoms with E-state index in [9.17, 15) is 10.0 Å². The molecule has 0 aromatic heterocycles. The Labute approximate surface area is 55.1 Å². The molecule has 1 rings (SSSR count). The second-order valence-corrected chi connectivity index (χ2v) is 2.41. The van der Waals surface area contributed by atoms with Crippen LogP contribution in [0.5, 0.6) is 0 Å². The van der Waals surface area contributed by atoms with Gasteiger partial charge in [-0.25, -0.2) is 4.79 Å². The van der Waals surface area contributed by atoms with Crippen LogP contribution in [-0.4, -0.2) is 27.1 Å². The van der Waals surface area contributed by atoms with E-state index in [1.807, 2.05) is 0 Å². The standard InChI is InChI=1S/C3H4N2O3S/c6-3(7)2-1-9-5(8)4-2/h2H,1H2,(H,6,7). The second kappa shape index (κ2) is 2.22. The molecule has 0 spiro atoms. The van der Waals surface area contributed by atoms with E-state index in [4.69, 9.17) is 5.11 Å². The molecule has 1 heterocycles. The predicted molar refractivity (Wildman–Crippen MR) is 29.9 cm³/mol. The summed E-state index contributed by atoms with van der Waals surface area (Å²) in [5, 5.41) is 21.7. The Balaban J connectivity index is 2.57. The number of carbonyl (C=O) groups is 1. The first kappa shape index (κ1) is 6.34. The van der Waals surface area contributed by atoms with Crippen LogP contribution < -0.4 is 0 Å². The monoisotopic (exact) mass is 148 g/mol. The Bertz CT molecular complexity index is 168. The third-order valence-corrected chi connectivity index (χ3v) is 1.64. The van der Waals surface area contributed by atoms with Crippen LogP contribution in [0.1, 0.15) is 0 Å². The third-order valence-electron chi connectivity index (χ3n) is 0.862. The Morgan fingerprint density at radius 3 is 2.89 bits per heavy atom. The summed E-state index contributed by atoms with van der Waals surface area (Å²) in [4.78, 5) is 10.1. The molecule has 6 heteroatoms. The van der Waals surface area contributed by atoms with Gasteiger partial charge >= 0.3 is 5.97 Å². The van der Waals surface area contributed by atoms with E-state index in [1.165, 1.54) is 0 Å². The molecule has 9 heavy (non-hydrogen) atoms. The summed E-state index contributed by atoms with van der Waals surface area (Å²) < 4.78 is 0.332. The normalized spacial score (nSPS) is 25.8. The number of aliphatic carboxylic acids is 1. The van der Waals surface area contributed by atoms with Gasteiger partial charge in [0.25, 0.3) is 0 Å². The average Bonchev–Trinajstić information content (AvgIpc) is 2.14. The molecule has 0 saturated carbocycles. The molecule has 50 valence electrons. The quantitative estimate of drug-likeness (QED) is 0.324. The first-order valence-electron chi connectivity index (χ1n) is 2.24. The van der Waals surface area contributed by atoms with Crippen LogP contribution in [0.2, 0.25) is 0 Å². The Morgan fingerprint density at radius 2 is 2.67 bits per heavy atom. The fraction of sp³-hybridized carbons (Fsp3) is 0.667. The Kier molecular flexibility index (Phi) is 1.56. The fourth-order valence-electron chi connectivity index (χ4n) is 0.436. The first-order valence-corrected chi connectivity index (χ1v) is 3.18. The minimum atomic E-state index is -1.04. The van der Waals surface area contributed by atoms with Gasteiger partial charge in [0.1, 0.15) is 5.75 Å². The van der Waals surface area contributed by atoms with Crippen LogP contribution in [0, 0.1) is 5.21 Å². The molecule has 5 nitrogen and oxygen atoms in total. The number of carboxylic acids is 1. The van der Waals surface area contributed by atoms with Gasteiger partial charge in [0, 0.05) is 0 Å². The van der Waals surface area contributed by atoms with E-state index in [1.54, 1.807) is 0 Å². The van der Waals surface area contributed by atoms with Crippen molar-refractivity contribution in [2.45, 2.75) is 6.04 Å². The van der Waals surface area contributed by atoms with Crippen LogP contribution in [0.3, 0.4) is 0 Å². The average molecular weight is 148 g/mol. The van der Waals surface area contributed by atoms with Gasteiger partial charge in [-0.1, -0.05) is 0 Å². The maximum absolute atomic E-state index is 10.2. The summed E-state index contributed by atoms with van der Waals surface area (Å²) in [6.07, 6.45) is 0. The number of carboxylic acid groups (broad SMARTS) is 1. The van der Waals surface area contributed by atoms with Crippen LogP contribution in [0.4, 0.5) is 0 Å². The number of rotatable bonds is 1. The van der Waals surface area contributed by atoms with Gasteiger partial charge in [0.2, 0.25) is 18.0 Å². The van der Waals surface area contributed by atoms with E-state index in [0.717, 1.165) is 11.9 Å². The fourth-order valence-corrected chi connectivity index (χ4v) is 1.09. The van der Waals surface area contributed by atoms with Crippen molar-refractivity contribution in [3.05, 3.63) is 5.21 Å². The number of hydrogen-bond donors (Lipinski definition) is 1. The smallest absolute Gasteiger partial charge is 0.335 e. The zero-order valence-electron chi connectivity index (χ0n) is 4.35. The summed E-state index contributed by atoms with van der Waals surface area (Å²) >= 11 is 0.864. The summed E-state index contributed by atoms with van der Waals surface area (Å²) in [6.45, 7) is 0. The molecule has 1 N–H and O–H groups in total. The van der Waals surface area contributed by atoms with Gasteiger partial charge in [0.15, 0.2) is 0 Å². The van der Waals surface area contributed by atoms with Gasteiger partial charge in [-0.05, 0) is 9.38 Å². The summed E-state index contributed by atoms with van der Waals surface area (Å²) in [6, 6.07) is -0.840. The van der Waals surface area contributed by atoms with Gasteiger partial charge in [-0.2, -0.15) is 0 Å². The molecule has 1 unspecified atom stereocenters. The Morgan fingerprint density at radius 1 is 2.00 bits per heavy atom. The van der Waals surface area contributed by atoms with Crippen molar-refractivity contribution in [3.63, 3.8) is 0 Å². The van der Waals surface area contributed by atoms with Crippen molar-refractivity contribution >= 4 is 17.9 Å². The first-order chi connectivity index (χ1) is 4.20. The highest BCUT2D eigenvalue weighted by Gasteiger charge is 2.29. The maximum Gasteiger partial charge on any atom is 0.335 e. The Hall–Kier alpha value is -0.780. The highest BCUT2D eigenvalue weighted by molar-refractivity contribution is 7.93. The third kappa shape index (κ3) is 1.32. The molecule has 0 aliphatic carbocycles. The van der Waals surface area contributed by atoms with Gasteiger partial charge in [-0.3, -0.25) is 0 Å². The molecule has 1 aliphatic rings.